The summed E-state index contributed by atoms with van der Waals surface area (Å²) in [5.41, 5.74) is 19.7. The molecule has 0 unspecified atom stereocenters. The third-order valence-electron chi connectivity index (χ3n) is 20.3. The van der Waals surface area contributed by atoms with Crippen LogP contribution in [0.25, 0.3) is 98.4 Å². The number of halogens is 2. The summed E-state index contributed by atoms with van der Waals surface area (Å²) in [7, 11) is 0. The standard InChI is InChI=1S/C66H58F2N2O2/c1-31-19-39(67)20-32(2)53(31)37-23-43-41-27-49-45(61(71)65(9)15-11-63(49,7)12-16-65)29-51(41)69-57-36(6)56-48-26-38(54-33(3)21-40(68)22-34(54)4)24-44-42-28-50-46(62(72)66(10)17-13-64(50,8)14-18-66)30-52(42)70(60(44)48)58(56)35(5)55(57)47(25-37)59(43)69/h19-30H,11-18H2,1-10H3. The van der Waals surface area contributed by atoms with Gasteiger partial charge in [-0.3, -0.25) is 9.59 Å². The average molecular weight is 949 g/mol. The largest absolute Gasteiger partial charge is 0.308 e. The van der Waals surface area contributed by atoms with E-state index in [1.165, 1.54) is 11.1 Å². The molecule has 2 fully saturated rings. The molecule has 4 nitrogen and oxygen atoms in total. The van der Waals surface area contributed by atoms with Gasteiger partial charge < -0.3 is 8.80 Å². The Morgan fingerprint density at radius 2 is 0.708 bits per heavy atom. The Morgan fingerprint density at radius 3 is 1.06 bits per heavy atom. The lowest BCUT2D eigenvalue weighted by atomic mass is 9.65. The van der Waals surface area contributed by atoms with Crippen LogP contribution in [0.4, 0.5) is 8.78 Å². The van der Waals surface area contributed by atoms with Crippen molar-refractivity contribution >= 4 is 87.8 Å². The number of carbonyl (C=O) groups excluding carboxylic acids is 2. The normalized spacial score (nSPS) is 24.2. The van der Waals surface area contributed by atoms with Gasteiger partial charge in [-0.2, -0.15) is 0 Å². The Morgan fingerprint density at radius 1 is 0.389 bits per heavy atom. The molecule has 6 aliphatic rings. The molecular weight excluding hydrogens is 891 g/mol. The number of benzene rings is 7. The van der Waals surface area contributed by atoms with Gasteiger partial charge in [0.2, 0.25) is 0 Å². The van der Waals surface area contributed by atoms with Crippen LogP contribution in [0.2, 0.25) is 0 Å². The second kappa shape index (κ2) is 13.3. The maximum Gasteiger partial charge on any atom is 0.169 e. The van der Waals surface area contributed by atoms with Crippen LogP contribution in [-0.4, -0.2) is 20.4 Å². The molecule has 7 aromatic carbocycles. The van der Waals surface area contributed by atoms with Crippen molar-refractivity contribution in [2.24, 2.45) is 10.8 Å². The van der Waals surface area contributed by atoms with Gasteiger partial charge in [0.15, 0.2) is 11.6 Å². The van der Waals surface area contributed by atoms with Crippen LogP contribution in [0.1, 0.15) is 144 Å². The molecule has 0 atom stereocenters. The van der Waals surface area contributed by atoms with Gasteiger partial charge >= 0.3 is 0 Å². The highest BCUT2D eigenvalue weighted by Crippen LogP contribution is 2.58. The first-order valence-corrected chi connectivity index (χ1v) is 26.4. The zero-order valence-electron chi connectivity index (χ0n) is 43.1. The first kappa shape index (κ1) is 43.0. The van der Waals surface area contributed by atoms with Crippen molar-refractivity contribution in [1.82, 2.24) is 8.80 Å². The Balaban J connectivity index is 1.16. The predicted octanol–water partition coefficient (Wildman–Crippen LogP) is 17.5. The molecule has 0 saturated heterocycles. The van der Waals surface area contributed by atoms with Gasteiger partial charge in [-0.25, -0.2) is 8.78 Å². The van der Waals surface area contributed by atoms with Crippen molar-refractivity contribution in [3.05, 3.63) is 140 Å². The van der Waals surface area contributed by atoms with Gasteiger partial charge in [0.25, 0.3) is 0 Å². The second-order valence-electron chi connectivity index (χ2n) is 24.8. The summed E-state index contributed by atoms with van der Waals surface area (Å²) in [5.74, 6) is 0.0576. The Bertz CT molecular complexity index is 4080. The van der Waals surface area contributed by atoms with Crippen LogP contribution in [0.15, 0.2) is 72.8 Å². The average Bonchev–Trinajstić information content (AvgIpc) is 4.01. The number of nitrogens with zero attached hydrogens (tertiary/aromatic N) is 2. The number of Topliss-reactive ketones (excluding diaryl/α,β-unsaturated/α-hetero) is 2. The van der Waals surface area contributed by atoms with Gasteiger partial charge in [-0.05, 0) is 243 Å². The maximum atomic E-state index is 15.1. The summed E-state index contributed by atoms with van der Waals surface area (Å²) in [6.45, 7) is 21.7. The lowest BCUT2D eigenvalue weighted by Crippen LogP contribution is -2.33. The van der Waals surface area contributed by atoms with E-state index in [1.807, 2.05) is 27.7 Å². The Hall–Kier alpha value is -6.66. The van der Waals surface area contributed by atoms with Crippen LogP contribution < -0.4 is 0 Å². The molecule has 4 bridgehead atoms. The molecule has 6 heteroatoms. The zero-order chi connectivity index (χ0) is 49.8. The molecule has 0 radical (unpaired) electrons. The summed E-state index contributed by atoms with van der Waals surface area (Å²) >= 11 is 0. The third kappa shape index (κ3) is 5.02. The Kier molecular flexibility index (Phi) is 7.93. The fourth-order valence-electron chi connectivity index (χ4n) is 16.2. The number of hydrogen-bond acceptors (Lipinski definition) is 2. The van der Waals surface area contributed by atoms with Crippen molar-refractivity contribution in [3.63, 3.8) is 0 Å². The lowest BCUT2D eigenvalue weighted by Gasteiger charge is -2.38. The van der Waals surface area contributed by atoms with E-state index >= 15 is 8.78 Å². The van der Waals surface area contributed by atoms with E-state index in [4.69, 9.17) is 0 Å². The van der Waals surface area contributed by atoms with E-state index in [-0.39, 0.29) is 44.9 Å². The van der Waals surface area contributed by atoms with E-state index in [0.29, 0.717) is 0 Å². The smallest absolute Gasteiger partial charge is 0.169 e. The molecule has 72 heavy (non-hydrogen) atoms. The van der Waals surface area contributed by atoms with Crippen LogP contribution >= 0.6 is 0 Å². The van der Waals surface area contributed by atoms with E-state index in [2.05, 4.69) is 98.9 Å². The van der Waals surface area contributed by atoms with Crippen LogP contribution in [-0.2, 0) is 10.8 Å². The minimum absolute atomic E-state index is 0.102. The molecule has 358 valence electrons. The number of carbonyl (C=O) groups is 2. The summed E-state index contributed by atoms with van der Waals surface area (Å²) in [6, 6.07) is 25.2. The second-order valence-corrected chi connectivity index (χ2v) is 24.8. The molecule has 0 amide bonds. The van der Waals surface area contributed by atoms with Crippen LogP contribution in [0.3, 0.4) is 0 Å². The number of hydrogen-bond donors (Lipinski definition) is 0. The fraction of sp³-hybridized carbons (Fsp3) is 0.333. The zero-order valence-corrected chi connectivity index (χ0v) is 43.1. The highest BCUT2D eigenvalue weighted by Gasteiger charge is 2.50. The molecule has 0 N–H and O–H groups in total. The first-order chi connectivity index (χ1) is 34.2. The van der Waals surface area contributed by atoms with Crippen LogP contribution in [0.5, 0.6) is 0 Å². The summed E-state index contributed by atoms with van der Waals surface area (Å²) in [6.07, 6.45) is 7.51. The fourth-order valence-corrected chi connectivity index (χ4v) is 16.2. The van der Waals surface area contributed by atoms with Gasteiger partial charge in [0, 0.05) is 65.0 Å². The molecule has 4 aromatic heterocycles. The molecule has 0 spiro atoms. The quantitative estimate of drug-likeness (QED) is 0.173. The van der Waals surface area contributed by atoms with Crippen molar-refractivity contribution in [3.8, 4) is 22.3 Å². The number of rotatable bonds is 2. The van der Waals surface area contributed by atoms with Gasteiger partial charge in [0.1, 0.15) is 11.6 Å². The van der Waals surface area contributed by atoms with Crippen LogP contribution in [0, 0.1) is 64.0 Å². The molecule has 11 aromatic rings. The van der Waals surface area contributed by atoms with E-state index in [9.17, 15) is 9.59 Å². The minimum atomic E-state index is -0.386. The van der Waals surface area contributed by atoms with Crippen molar-refractivity contribution in [2.75, 3.05) is 0 Å². The summed E-state index contributed by atoms with van der Waals surface area (Å²) < 4.78 is 35.1. The maximum absolute atomic E-state index is 15.1. The lowest BCUT2D eigenvalue weighted by molar-refractivity contribution is 0.0726. The van der Waals surface area contributed by atoms with Gasteiger partial charge in [-0.1, -0.05) is 27.7 Å². The minimum Gasteiger partial charge on any atom is -0.308 e. The van der Waals surface area contributed by atoms with Gasteiger partial charge in [0.05, 0.1) is 33.1 Å². The highest BCUT2D eigenvalue weighted by atomic mass is 19.1. The number of fused-ring (bicyclic) bond motifs is 16. The third-order valence-corrected chi connectivity index (χ3v) is 20.3. The topological polar surface area (TPSA) is 43.0 Å². The van der Waals surface area contributed by atoms with E-state index < -0.39 is 0 Å². The molecule has 6 aliphatic carbocycles. The number of aromatic nitrogens is 2. The van der Waals surface area contributed by atoms with Crippen molar-refractivity contribution in [1.29, 1.82) is 0 Å². The van der Waals surface area contributed by atoms with E-state index in [0.717, 1.165) is 194 Å². The SMILES string of the molecule is Cc1cc(F)cc(C)c1-c1cc2c3cc4c(cc3n3c5c(C)c6c7cc(-c8c(C)cc(F)cc8C)cc8c9cc%10c(cc9n(c6c(C)c5c(c1)c23)c87)C(=O)C1(C)CCC%10(C)CC1)C(=O)C1(C)CCC4(C)CC1. The van der Waals surface area contributed by atoms with Gasteiger partial charge in [-0.15, -0.1) is 0 Å². The molecule has 4 heterocycles. The highest BCUT2D eigenvalue weighted by molar-refractivity contribution is 6.33. The summed E-state index contributed by atoms with van der Waals surface area (Å²) in [4.78, 5) is 29.9. The molecule has 0 aliphatic heterocycles. The Labute approximate surface area is 417 Å². The monoisotopic (exact) mass is 948 g/mol. The van der Waals surface area contributed by atoms with Crippen molar-refractivity contribution < 1.29 is 18.4 Å². The number of ketones is 2. The molecular formula is C66H58F2N2O2. The molecule has 2 saturated carbocycles. The first-order valence-electron chi connectivity index (χ1n) is 26.4. The number of aryl methyl sites for hydroxylation is 6. The predicted molar refractivity (Wildman–Crippen MR) is 291 cm³/mol. The summed E-state index contributed by atoms with van der Waals surface area (Å²) in [5, 5.41) is 9.13. The van der Waals surface area contributed by atoms with E-state index in [1.54, 1.807) is 24.3 Å². The van der Waals surface area contributed by atoms with Crippen molar-refractivity contribution in [2.45, 2.75) is 131 Å². The molecule has 17 rings (SSSR count).